The Morgan fingerprint density at radius 1 is 0.395 bits per heavy atom. The molecule has 5 rings (SSSR count). The predicted octanol–water partition coefficient (Wildman–Crippen LogP) is 7.63. The molecule has 0 amide bonds. The summed E-state index contributed by atoms with van der Waals surface area (Å²) in [5, 5.41) is 0. The molecule has 0 fully saturated rings. The highest BCUT2D eigenvalue weighted by molar-refractivity contribution is 5.85. The Morgan fingerprint density at radius 2 is 0.658 bits per heavy atom. The Kier molecular flexibility index (Phi) is 8.14. The minimum Gasteiger partial charge on any atom is -0.330 e. The molecule has 0 bridgehead atoms. The molecule has 4 N–H and O–H groups in total. The van der Waals surface area contributed by atoms with Crippen molar-refractivity contribution in [2.45, 2.75) is 12.8 Å². The standard InChI is InChI=1S/C34H34N4/c35-23-21-27-26-34(38(31-17-9-3-10-18-31)32-19-11-4-12-20-32)28(22-24-36)25-33(27)37(29-13-5-1-6-14-29)30-15-7-2-8-16-30/h1-20,25-26H,21-24,35-36H2. The van der Waals surface area contributed by atoms with Crippen LogP contribution < -0.4 is 21.3 Å². The number of para-hydroxylation sites is 4. The number of anilines is 6. The van der Waals surface area contributed by atoms with E-state index in [-0.39, 0.29) is 0 Å². The summed E-state index contributed by atoms with van der Waals surface area (Å²) in [5.74, 6) is 0. The van der Waals surface area contributed by atoms with E-state index < -0.39 is 0 Å². The molecular formula is C34H34N4. The van der Waals surface area contributed by atoms with Crippen molar-refractivity contribution in [3.63, 3.8) is 0 Å². The Morgan fingerprint density at radius 3 is 0.895 bits per heavy atom. The summed E-state index contributed by atoms with van der Waals surface area (Å²) in [6, 6.07) is 46.6. The van der Waals surface area contributed by atoms with E-state index in [4.69, 9.17) is 11.5 Å². The zero-order valence-electron chi connectivity index (χ0n) is 21.6. The van der Waals surface area contributed by atoms with Crippen LogP contribution in [-0.2, 0) is 12.8 Å². The average molecular weight is 499 g/mol. The molecule has 0 spiro atoms. The molecular weight excluding hydrogens is 464 g/mol. The van der Waals surface area contributed by atoms with Crippen LogP contribution in [0.2, 0.25) is 0 Å². The second kappa shape index (κ2) is 12.2. The average Bonchev–Trinajstić information content (AvgIpc) is 2.98. The van der Waals surface area contributed by atoms with Gasteiger partial charge in [-0.05, 0) is 97.7 Å². The molecule has 5 aromatic rings. The highest BCUT2D eigenvalue weighted by Gasteiger charge is 2.22. The van der Waals surface area contributed by atoms with Crippen molar-refractivity contribution in [1.29, 1.82) is 0 Å². The summed E-state index contributed by atoms with van der Waals surface area (Å²) < 4.78 is 0. The summed E-state index contributed by atoms with van der Waals surface area (Å²) in [7, 11) is 0. The highest BCUT2D eigenvalue weighted by atomic mass is 15.2. The van der Waals surface area contributed by atoms with Crippen LogP contribution in [0.15, 0.2) is 133 Å². The summed E-state index contributed by atoms with van der Waals surface area (Å²) >= 11 is 0. The third-order valence-corrected chi connectivity index (χ3v) is 6.65. The minimum atomic E-state index is 0.552. The van der Waals surface area contributed by atoms with Crippen LogP contribution in [0.5, 0.6) is 0 Å². The quantitative estimate of drug-likeness (QED) is 0.208. The van der Waals surface area contributed by atoms with Crippen molar-refractivity contribution >= 4 is 34.1 Å². The molecule has 38 heavy (non-hydrogen) atoms. The minimum absolute atomic E-state index is 0.552. The number of rotatable bonds is 10. The molecule has 0 aliphatic rings. The number of nitrogens with two attached hydrogens (primary N) is 2. The lowest BCUT2D eigenvalue weighted by Gasteiger charge is -2.32. The molecule has 0 aliphatic carbocycles. The lowest BCUT2D eigenvalue weighted by atomic mass is 9.98. The van der Waals surface area contributed by atoms with E-state index in [9.17, 15) is 0 Å². The van der Waals surface area contributed by atoms with Gasteiger partial charge in [-0.1, -0.05) is 72.8 Å². The topological polar surface area (TPSA) is 58.5 Å². The maximum atomic E-state index is 6.20. The van der Waals surface area contributed by atoms with Gasteiger partial charge in [0.05, 0.1) is 0 Å². The molecule has 0 unspecified atom stereocenters. The summed E-state index contributed by atoms with van der Waals surface area (Å²) in [6.45, 7) is 1.10. The maximum Gasteiger partial charge on any atom is 0.0498 e. The fourth-order valence-corrected chi connectivity index (χ4v) is 4.95. The number of hydrogen-bond acceptors (Lipinski definition) is 4. The first-order valence-corrected chi connectivity index (χ1v) is 13.2. The van der Waals surface area contributed by atoms with E-state index in [1.165, 1.54) is 11.1 Å². The molecule has 0 aromatic heterocycles. The van der Waals surface area contributed by atoms with Gasteiger partial charge in [0, 0.05) is 34.1 Å². The van der Waals surface area contributed by atoms with Gasteiger partial charge in [0.25, 0.3) is 0 Å². The molecule has 4 heteroatoms. The lowest BCUT2D eigenvalue weighted by Crippen LogP contribution is -2.18. The van der Waals surface area contributed by atoms with Crippen LogP contribution in [0.1, 0.15) is 11.1 Å². The molecule has 5 aromatic carbocycles. The van der Waals surface area contributed by atoms with Gasteiger partial charge in [0.1, 0.15) is 0 Å². The van der Waals surface area contributed by atoms with Gasteiger partial charge in [0.2, 0.25) is 0 Å². The van der Waals surface area contributed by atoms with E-state index >= 15 is 0 Å². The van der Waals surface area contributed by atoms with Gasteiger partial charge in [0.15, 0.2) is 0 Å². The Hall–Kier alpha value is -4.38. The van der Waals surface area contributed by atoms with Gasteiger partial charge < -0.3 is 21.3 Å². The first-order valence-electron chi connectivity index (χ1n) is 13.2. The van der Waals surface area contributed by atoms with E-state index in [2.05, 4.69) is 119 Å². The van der Waals surface area contributed by atoms with Crippen molar-refractivity contribution in [3.8, 4) is 0 Å². The summed E-state index contributed by atoms with van der Waals surface area (Å²) in [6.07, 6.45) is 1.50. The predicted molar refractivity (Wildman–Crippen MR) is 161 cm³/mol. The molecule has 4 nitrogen and oxygen atoms in total. The Labute approximate surface area is 225 Å². The van der Waals surface area contributed by atoms with Crippen molar-refractivity contribution in [2.24, 2.45) is 11.5 Å². The number of benzene rings is 5. The SMILES string of the molecule is NCCc1cc(N(c2ccccc2)c2ccccc2)c(CCN)cc1N(c1ccccc1)c1ccccc1. The summed E-state index contributed by atoms with van der Waals surface area (Å²) in [5.41, 5.74) is 21.4. The molecule has 190 valence electrons. The fourth-order valence-electron chi connectivity index (χ4n) is 4.95. The van der Waals surface area contributed by atoms with Crippen molar-refractivity contribution in [2.75, 3.05) is 22.9 Å². The first-order chi connectivity index (χ1) is 18.8. The van der Waals surface area contributed by atoms with Crippen LogP contribution in [0, 0.1) is 0 Å². The van der Waals surface area contributed by atoms with Gasteiger partial charge in [-0.3, -0.25) is 0 Å². The van der Waals surface area contributed by atoms with Crippen LogP contribution in [0.25, 0.3) is 0 Å². The zero-order valence-corrected chi connectivity index (χ0v) is 21.6. The van der Waals surface area contributed by atoms with E-state index in [1.54, 1.807) is 0 Å². The van der Waals surface area contributed by atoms with Crippen molar-refractivity contribution < 1.29 is 0 Å². The number of hydrogen-bond donors (Lipinski definition) is 2. The fraction of sp³-hybridized carbons (Fsp3) is 0.118. The van der Waals surface area contributed by atoms with Crippen molar-refractivity contribution in [1.82, 2.24) is 0 Å². The second-order valence-corrected chi connectivity index (χ2v) is 9.20. The van der Waals surface area contributed by atoms with Gasteiger partial charge in [-0.15, -0.1) is 0 Å². The zero-order chi connectivity index (χ0) is 26.2. The number of nitrogens with zero attached hydrogens (tertiary/aromatic N) is 2. The van der Waals surface area contributed by atoms with Crippen molar-refractivity contribution in [3.05, 3.63) is 145 Å². The van der Waals surface area contributed by atoms with Gasteiger partial charge in [-0.25, -0.2) is 0 Å². The third kappa shape index (κ3) is 5.47. The molecule has 0 saturated heterocycles. The molecule has 0 atom stereocenters. The molecule has 0 aliphatic heterocycles. The smallest absolute Gasteiger partial charge is 0.0498 e. The third-order valence-electron chi connectivity index (χ3n) is 6.65. The first kappa shape index (κ1) is 25.3. The van der Waals surface area contributed by atoms with Crippen LogP contribution >= 0.6 is 0 Å². The van der Waals surface area contributed by atoms with E-state index in [1.807, 2.05) is 24.3 Å². The molecule has 0 radical (unpaired) electrons. The van der Waals surface area contributed by atoms with Crippen LogP contribution in [-0.4, -0.2) is 13.1 Å². The maximum absolute atomic E-state index is 6.20. The van der Waals surface area contributed by atoms with Gasteiger partial charge >= 0.3 is 0 Å². The highest BCUT2D eigenvalue weighted by Crippen LogP contribution is 2.43. The Bertz CT molecular complexity index is 1230. The van der Waals surface area contributed by atoms with Gasteiger partial charge in [-0.2, -0.15) is 0 Å². The Balaban J connectivity index is 1.76. The molecule has 0 heterocycles. The van der Waals surface area contributed by atoms with E-state index in [0.717, 1.165) is 47.0 Å². The van der Waals surface area contributed by atoms with E-state index in [0.29, 0.717) is 13.1 Å². The van der Waals surface area contributed by atoms with Crippen LogP contribution in [0.4, 0.5) is 34.1 Å². The largest absolute Gasteiger partial charge is 0.330 e. The summed E-state index contributed by atoms with van der Waals surface area (Å²) in [4.78, 5) is 4.65. The molecule has 0 saturated carbocycles. The second-order valence-electron chi connectivity index (χ2n) is 9.20. The van der Waals surface area contributed by atoms with Crippen LogP contribution in [0.3, 0.4) is 0 Å². The normalized spacial score (nSPS) is 10.8. The monoisotopic (exact) mass is 498 g/mol. The lowest BCUT2D eigenvalue weighted by molar-refractivity contribution is 0.942.